The molecule has 0 saturated carbocycles. The van der Waals surface area contributed by atoms with E-state index in [0.29, 0.717) is 10.9 Å². The van der Waals surface area contributed by atoms with Crippen LogP contribution in [-0.4, -0.2) is 39.7 Å². The first-order valence-corrected chi connectivity index (χ1v) is 10.2. The maximum atomic E-state index is 12.5. The monoisotopic (exact) mass is 410 g/mol. The normalized spacial score (nSPS) is 16.4. The lowest BCUT2D eigenvalue weighted by Crippen LogP contribution is -2.29. The molecule has 8 nitrogen and oxygen atoms in total. The minimum absolute atomic E-state index is 0.0701. The van der Waals surface area contributed by atoms with Gasteiger partial charge in [0.25, 0.3) is 5.56 Å². The fourth-order valence-electron chi connectivity index (χ4n) is 3.24. The highest BCUT2D eigenvalue weighted by Crippen LogP contribution is 2.28. The van der Waals surface area contributed by atoms with Crippen molar-refractivity contribution < 1.29 is 14.3 Å². The van der Waals surface area contributed by atoms with E-state index in [1.54, 1.807) is 40.9 Å². The summed E-state index contributed by atoms with van der Waals surface area (Å²) in [7, 11) is 0. The van der Waals surface area contributed by atoms with Gasteiger partial charge in [-0.25, -0.2) is 0 Å². The van der Waals surface area contributed by atoms with Gasteiger partial charge in [-0.2, -0.15) is 4.68 Å². The van der Waals surface area contributed by atoms with E-state index in [-0.39, 0.29) is 31.2 Å². The smallest absolute Gasteiger partial charge is 0.313 e. The van der Waals surface area contributed by atoms with Crippen LogP contribution in [0.15, 0.2) is 58.2 Å². The molecule has 2 aromatic carbocycles. The third-order valence-electron chi connectivity index (χ3n) is 4.78. The van der Waals surface area contributed by atoms with Gasteiger partial charge in [-0.15, -0.1) is 16.9 Å². The SMILES string of the molecule is CSc1cccc(N2C[C@H](C(=O)OCn3nnc4ccccc4c3=O)CC2=O)c1. The van der Waals surface area contributed by atoms with Crippen molar-refractivity contribution in [2.75, 3.05) is 17.7 Å². The number of ether oxygens (including phenoxy) is 1. The van der Waals surface area contributed by atoms with Gasteiger partial charge in [-0.1, -0.05) is 23.4 Å². The predicted molar refractivity (Wildman–Crippen MR) is 109 cm³/mol. The minimum Gasteiger partial charge on any atom is -0.442 e. The standard InChI is InChI=1S/C20H18N4O4S/c1-29-15-6-4-5-14(10-15)23-11-13(9-18(23)25)20(27)28-12-24-19(26)16-7-2-3-8-17(16)21-22-24/h2-8,10,13H,9,11-12H2,1H3/t13-/m1/s1. The van der Waals surface area contributed by atoms with Gasteiger partial charge in [0.2, 0.25) is 5.91 Å². The second-order valence-corrected chi connectivity index (χ2v) is 7.49. The van der Waals surface area contributed by atoms with Crippen LogP contribution in [0.4, 0.5) is 5.69 Å². The number of aromatic nitrogens is 3. The Morgan fingerprint density at radius 3 is 2.86 bits per heavy atom. The molecule has 1 atom stereocenters. The third-order valence-corrected chi connectivity index (χ3v) is 5.51. The Bertz CT molecular complexity index is 1150. The van der Waals surface area contributed by atoms with Gasteiger partial charge in [0, 0.05) is 23.5 Å². The fourth-order valence-corrected chi connectivity index (χ4v) is 3.70. The molecule has 1 fully saturated rings. The highest BCUT2D eigenvalue weighted by Gasteiger charge is 2.36. The first-order chi connectivity index (χ1) is 14.1. The van der Waals surface area contributed by atoms with Gasteiger partial charge in [0.1, 0.15) is 5.52 Å². The summed E-state index contributed by atoms with van der Waals surface area (Å²) in [6, 6.07) is 14.4. The van der Waals surface area contributed by atoms with Gasteiger partial charge >= 0.3 is 5.97 Å². The maximum absolute atomic E-state index is 12.5. The predicted octanol–water partition coefficient (Wildman–Crippen LogP) is 2.07. The van der Waals surface area contributed by atoms with Crippen LogP contribution in [0.5, 0.6) is 0 Å². The number of nitrogens with zero attached hydrogens (tertiary/aromatic N) is 4. The average molecular weight is 410 g/mol. The summed E-state index contributed by atoms with van der Waals surface area (Å²) in [6.07, 6.45) is 2.03. The zero-order valence-electron chi connectivity index (χ0n) is 15.6. The molecular formula is C20H18N4O4S. The minimum atomic E-state index is -0.593. The van der Waals surface area contributed by atoms with Gasteiger partial charge in [-0.05, 0) is 36.6 Å². The number of rotatable bonds is 5. The van der Waals surface area contributed by atoms with Crippen LogP contribution >= 0.6 is 11.8 Å². The molecule has 29 heavy (non-hydrogen) atoms. The van der Waals surface area contributed by atoms with Crippen molar-refractivity contribution in [1.29, 1.82) is 0 Å². The molecule has 2 heterocycles. The van der Waals surface area contributed by atoms with Crippen LogP contribution in [0.1, 0.15) is 6.42 Å². The molecule has 1 aromatic heterocycles. The van der Waals surface area contributed by atoms with Crippen molar-refractivity contribution in [3.8, 4) is 0 Å². The topological polar surface area (TPSA) is 94.4 Å². The highest BCUT2D eigenvalue weighted by molar-refractivity contribution is 7.98. The molecule has 0 N–H and O–H groups in total. The van der Waals surface area contributed by atoms with Crippen molar-refractivity contribution in [1.82, 2.24) is 15.0 Å². The Kier molecular flexibility index (Phi) is 5.30. The lowest BCUT2D eigenvalue weighted by atomic mass is 10.1. The van der Waals surface area contributed by atoms with Gasteiger partial charge in [0.15, 0.2) is 6.73 Å². The largest absolute Gasteiger partial charge is 0.442 e. The van der Waals surface area contributed by atoms with E-state index in [0.717, 1.165) is 15.3 Å². The van der Waals surface area contributed by atoms with E-state index >= 15 is 0 Å². The molecule has 1 amide bonds. The number of carbonyl (C=O) groups excluding carboxylic acids is 2. The summed E-state index contributed by atoms with van der Waals surface area (Å²) in [5, 5.41) is 8.15. The summed E-state index contributed by atoms with van der Waals surface area (Å²) < 4.78 is 6.25. The third kappa shape index (κ3) is 3.86. The zero-order chi connectivity index (χ0) is 20.4. The lowest BCUT2D eigenvalue weighted by molar-refractivity contribution is -0.152. The molecule has 0 aliphatic carbocycles. The Morgan fingerprint density at radius 2 is 2.03 bits per heavy atom. The summed E-state index contributed by atoms with van der Waals surface area (Å²) >= 11 is 1.58. The van der Waals surface area contributed by atoms with E-state index in [2.05, 4.69) is 10.3 Å². The van der Waals surface area contributed by atoms with Crippen molar-refractivity contribution in [2.45, 2.75) is 18.0 Å². The number of carbonyl (C=O) groups is 2. The molecule has 1 aliphatic heterocycles. The molecule has 0 radical (unpaired) electrons. The molecule has 0 bridgehead atoms. The summed E-state index contributed by atoms with van der Waals surface area (Å²) in [4.78, 5) is 39.9. The van der Waals surface area contributed by atoms with Crippen LogP contribution in [-0.2, 0) is 21.1 Å². The average Bonchev–Trinajstić information content (AvgIpc) is 3.15. The summed E-state index contributed by atoms with van der Waals surface area (Å²) in [6.45, 7) is -0.101. The van der Waals surface area contributed by atoms with Crippen LogP contribution in [0.2, 0.25) is 0 Å². The first-order valence-electron chi connectivity index (χ1n) is 9.00. The molecule has 9 heteroatoms. The second kappa shape index (κ2) is 8.04. The number of hydrogen-bond donors (Lipinski definition) is 0. The number of thioether (sulfide) groups is 1. The summed E-state index contributed by atoms with van der Waals surface area (Å²) in [5.74, 6) is -1.26. The molecule has 1 saturated heterocycles. The van der Waals surface area contributed by atoms with E-state index in [1.807, 2.05) is 30.5 Å². The van der Waals surface area contributed by atoms with Crippen LogP contribution < -0.4 is 10.5 Å². The number of hydrogen-bond acceptors (Lipinski definition) is 7. The number of fused-ring (bicyclic) bond motifs is 1. The van der Waals surface area contributed by atoms with Crippen molar-refractivity contribution in [3.05, 3.63) is 58.9 Å². The Hall–Kier alpha value is -3.20. The quantitative estimate of drug-likeness (QED) is 0.469. The summed E-state index contributed by atoms with van der Waals surface area (Å²) in [5.41, 5.74) is 0.847. The molecule has 4 rings (SSSR count). The lowest BCUT2D eigenvalue weighted by Gasteiger charge is -2.17. The van der Waals surface area contributed by atoms with Gasteiger partial charge in [0.05, 0.1) is 11.3 Å². The number of benzene rings is 2. The molecule has 3 aromatic rings. The molecule has 148 valence electrons. The van der Waals surface area contributed by atoms with Crippen molar-refractivity contribution in [3.63, 3.8) is 0 Å². The Labute approximate surface area is 170 Å². The number of amides is 1. The maximum Gasteiger partial charge on any atom is 0.313 e. The molecule has 0 spiro atoms. The van der Waals surface area contributed by atoms with E-state index < -0.39 is 11.9 Å². The first kappa shape index (κ1) is 19.1. The van der Waals surface area contributed by atoms with E-state index in [4.69, 9.17) is 4.74 Å². The van der Waals surface area contributed by atoms with Crippen molar-refractivity contribution in [2.24, 2.45) is 5.92 Å². The Morgan fingerprint density at radius 1 is 1.21 bits per heavy atom. The van der Waals surface area contributed by atoms with Crippen LogP contribution in [0.25, 0.3) is 10.9 Å². The Balaban J connectivity index is 1.44. The second-order valence-electron chi connectivity index (χ2n) is 6.61. The highest BCUT2D eigenvalue weighted by atomic mass is 32.2. The zero-order valence-corrected chi connectivity index (χ0v) is 16.5. The molecular weight excluding hydrogens is 392 g/mol. The van der Waals surface area contributed by atoms with Gasteiger partial charge in [-0.3, -0.25) is 14.4 Å². The van der Waals surface area contributed by atoms with Crippen LogP contribution in [0.3, 0.4) is 0 Å². The number of anilines is 1. The molecule has 0 unspecified atom stereocenters. The van der Waals surface area contributed by atoms with E-state index in [9.17, 15) is 14.4 Å². The van der Waals surface area contributed by atoms with Gasteiger partial charge < -0.3 is 9.64 Å². The van der Waals surface area contributed by atoms with Crippen molar-refractivity contribution >= 4 is 40.2 Å². The fraction of sp³-hybridized carbons (Fsp3) is 0.250. The number of esters is 1. The van der Waals surface area contributed by atoms with E-state index in [1.165, 1.54) is 0 Å². The molecule has 1 aliphatic rings. The van der Waals surface area contributed by atoms with Crippen LogP contribution in [0, 0.1) is 5.92 Å².